The molecule has 0 bridgehead atoms. The Balaban J connectivity index is 1.61. The summed E-state index contributed by atoms with van der Waals surface area (Å²) >= 11 is 0. The van der Waals surface area contributed by atoms with Gasteiger partial charge in [-0.1, -0.05) is 12.1 Å². The summed E-state index contributed by atoms with van der Waals surface area (Å²) in [6, 6.07) is 8.56. The highest BCUT2D eigenvalue weighted by Crippen LogP contribution is 2.45. The van der Waals surface area contributed by atoms with E-state index < -0.39 is 17.5 Å². The zero-order chi connectivity index (χ0) is 20.0. The van der Waals surface area contributed by atoms with Gasteiger partial charge < -0.3 is 9.80 Å². The zero-order valence-corrected chi connectivity index (χ0v) is 15.2. The van der Waals surface area contributed by atoms with Crippen LogP contribution in [0.4, 0.5) is 13.2 Å². The van der Waals surface area contributed by atoms with Gasteiger partial charge in [0.15, 0.2) is 0 Å². The molecule has 0 aliphatic carbocycles. The fourth-order valence-corrected chi connectivity index (χ4v) is 4.51. The number of hydrogen-bond acceptors (Lipinski definition) is 2. The second kappa shape index (κ2) is 6.96. The highest BCUT2D eigenvalue weighted by atomic mass is 19.1. The Hall–Kier alpha value is -2.83. The lowest BCUT2D eigenvalue weighted by molar-refractivity contribution is -0.130. The Morgan fingerprint density at radius 2 is 1.64 bits per heavy atom. The second-order valence-electron chi connectivity index (χ2n) is 7.46. The van der Waals surface area contributed by atoms with Crippen LogP contribution in [-0.2, 0) is 4.79 Å². The minimum absolute atomic E-state index is 0.0273. The number of fused-ring (bicyclic) bond motifs is 1. The summed E-state index contributed by atoms with van der Waals surface area (Å²) in [7, 11) is 0. The zero-order valence-electron chi connectivity index (χ0n) is 15.2. The van der Waals surface area contributed by atoms with Crippen LogP contribution in [0, 0.1) is 29.3 Å². The molecule has 2 saturated heterocycles. The van der Waals surface area contributed by atoms with Crippen LogP contribution in [0.5, 0.6) is 0 Å². The molecule has 4 rings (SSSR count). The van der Waals surface area contributed by atoms with Crippen molar-refractivity contribution in [3.63, 3.8) is 0 Å². The fraction of sp³-hybridized carbons (Fsp3) is 0.333. The third-order valence-corrected chi connectivity index (χ3v) is 5.66. The third kappa shape index (κ3) is 3.25. The van der Waals surface area contributed by atoms with E-state index in [1.165, 1.54) is 19.1 Å². The first-order valence-electron chi connectivity index (χ1n) is 9.11. The molecule has 2 aliphatic rings. The van der Waals surface area contributed by atoms with Crippen LogP contribution in [0.2, 0.25) is 0 Å². The molecule has 0 unspecified atom stereocenters. The maximum absolute atomic E-state index is 13.8. The van der Waals surface area contributed by atoms with E-state index in [1.807, 2.05) is 0 Å². The minimum Gasteiger partial charge on any atom is -0.338 e. The van der Waals surface area contributed by atoms with Gasteiger partial charge in [-0.25, -0.2) is 13.2 Å². The molecular weight excluding hydrogens is 369 g/mol. The molecule has 3 atom stereocenters. The summed E-state index contributed by atoms with van der Waals surface area (Å²) in [5.74, 6) is -2.57. The predicted octanol–water partition coefficient (Wildman–Crippen LogP) is 3.40. The largest absolute Gasteiger partial charge is 0.338 e. The average Bonchev–Trinajstić information content (AvgIpc) is 3.18. The first kappa shape index (κ1) is 18.5. The smallest absolute Gasteiger partial charge is 0.254 e. The van der Waals surface area contributed by atoms with Gasteiger partial charge in [0.2, 0.25) is 5.91 Å². The number of rotatable bonds is 2. The molecule has 146 valence electrons. The molecule has 0 spiro atoms. The molecule has 4 nitrogen and oxygen atoms in total. The van der Waals surface area contributed by atoms with E-state index >= 15 is 0 Å². The Kier molecular flexibility index (Phi) is 4.61. The van der Waals surface area contributed by atoms with E-state index in [4.69, 9.17) is 0 Å². The number of carbonyl (C=O) groups excluding carboxylic acids is 2. The van der Waals surface area contributed by atoms with Crippen LogP contribution in [0.15, 0.2) is 42.5 Å². The monoisotopic (exact) mass is 388 g/mol. The van der Waals surface area contributed by atoms with Gasteiger partial charge in [0.05, 0.1) is 6.04 Å². The minimum atomic E-state index is -0.803. The van der Waals surface area contributed by atoms with Crippen LogP contribution in [0.3, 0.4) is 0 Å². The maximum Gasteiger partial charge on any atom is 0.254 e. The fourth-order valence-electron chi connectivity index (χ4n) is 4.51. The Morgan fingerprint density at radius 1 is 0.929 bits per heavy atom. The molecule has 0 radical (unpaired) electrons. The van der Waals surface area contributed by atoms with Gasteiger partial charge in [0, 0.05) is 50.0 Å². The van der Waals surface area contributed by atoms with E-state index in [2.05, 4.69) is 0 Å². The Bertz CT molecular complexity index is 929. The van der Waals surface area contributed by atoms with Gasteiger partial charge in [0.25, 0.3) is 5.91 Å². The van der Waals surface area contributed by atoms with Crippen molar-refractivity contribution in [1.29, 1.82) is 0 Å². The lowest BCUT2D eigenvalue weighted by atomic mass is 9.89. The highest BCUT2D eigenvalue weighted by Gasteiger charge is 2.49. The Labute approximate surface area is 160 Å². The molecule has 2 amide bonds. The van der Waals surface area contributed by atoms with Crippen molar-refractivity contribution in [3.05, 3.63) is 71.0 Å². The first-order valence-corrected chi connectivity index (χ1v) is 9.11. The predicted molar refractivity (Wildman–Crippen MR) is 95.8 cm³/mol. The quantitative estimate of drug-likeness (QED) is 0.791. The van der Waals surface area contributed by atoms with E-state index in [-0.39, 0.29) is 35.2 Å². The van der Waals surface area contributed by atoms with Crippen LogP contribution in [0.25, 0.3) is 0 Å². The van der Waals surface area contributed by atoms with Crippen molar-refractivity contribution in [1.82, 2.24) is 9.80 Å². The van der Waals surface area contributed by atoms with E-state index in [9.17, 15) is 22.8 Å². The normalized spacial score (nSPS) is 23.8. The van der Waals surface area contributed by atoms with E-state index in [1.54, 1.807) is 21.9 Å². The van der Waals surface area contributed by atoms with Crippen LogP contribution in [0.1, 0.15) is 28.9 Å². The summed E-state index contributed by atoms with van der Waals surface area (Å²) in [5.41, 5.74) is 0.650. The Morgan fingerprint density at radius 3 is 2.29 bits per heavy atom. The number of halogens is 3. The van der Waals surface area contributed by atoms with Gasteiger partial charge in [-0.05, 0) is 29.8 Å². The lowest BCUT2D eigenvalue weighted by Crippen LogP contribution is -2.36. The molecule has 0 aromatic heterocycles. The van der Waals surface area contributed by atoms with Gasteiger partial charge >= 0.3 is 0 Å². The molecule has 2 aromatic rings. The second-order valence-corrected chi connectivity index (χ2v) is 7.46. The molecular formula is C21H19F3N2O2. The van der Waals surface area contributed by atoms with Crippen LogP contribution < -0.4 is 0 Å². The van der Waals surface area contributed by atoms with Gasteiger partial charge in [-0.2, -0.15) is 0 Å². The topological polar surface area (TPSA) is 40.6 Å². The molecule has 28 heavy (non-hydrogen) atoms. The van der Waals surface area contributed by atoms with Crippen LogP contribution >= 0.6 is 0 Å². The van der Waals surface area contributed by atoms with Crippen LogP contribution in [-0.4, -0.2) is 41.2 Å². The lowest BCUT2D eigenvalue weighted by Gasteiger charge is -2.29. The number of amides is 2. The maximum atomic E-state index is 13.8. The molecule has 2 fully saturated rings. The molecule has 2 aromatic carbocycles. The number of hydrogen-bond donors (Lipinski definition) is 0. The van der Waals surface area contributed by atoms with Gasteiger partial charge in [-0.15, -0.1) is 0 Å². The van der Waals surface area contributed by atoms with Crippen molar-refractivity contribution >= 4 is 11.8 Å². The number of likely N-dealkylation sites (tertiary alicyclic amines) is 2. The number of nitrogens with zero attached hydrogens (tertiary/aromatic N) is 2. The van der Waals surface area contributed by atoms with E-state index in [0.29, 0.717) is 25.2 Å². The molecule has 7 heteroatoms. The van der Waals surface area contributed by atoms with Crippen molar-refractivity contribution in [2.75, 3.05) is 19.6 Å². The molecule has 0 saturated carbocycles. The number of carbonyl (C=O) groups is 2. The molecule has 0 N–H and O–H groups in total. The highest BCUT2D eigenvalue weighted by molar-refractivity contribution is 5.94. The van der Waals surface area contributed by atoms with Gasteiger partial charge in [-0.3, -0.25) is 9.59 Å². The van der Waals surface area contributed by atoms with E-state index in [0.717, 1.165) is 18.2 Å². The molecule has 2 heterocycles. The summed E-state index contributed by atoms with van der Waals surface area (Å²) < 4.78 is 40.7. The number of benzene rings is 2. The van der Waals surface area contributed by atoms with Crippen molar-refractivity contribution in [2.45, 2.75) is 13.0 Å². The average molecular weight is 388 g/mol. The summed E-state index contributed by atoms with van der Waals surface area (Å²) in [6.45, 7) is 2.66. The summed E-state index contributed by atoms with van der Waals surface area (Å²) in [4.78, 5) is 28.2. The van der Waals surface area contributed by atoms with Crippen molar-refractivity contribution < 1.29 is 22.8 Å². The van der Waals surface area contributed by atoms with Crippen molar-refractivity contribution in [3.8, 4) is 0 Å². The summed E-state index contributed by atoms with van der Waals surface area (Å²) in [6.07, 6.45) is 0. The third-order valence-electron chi connectivity index (χ3n) is 5.66. The molecule has 2 aliphatic heterocycles. The first-order chi connectivity index (χ1) is 13.3. The van der Waals surface area contributed by atoms with Crippen molar-refractivity contribution in [2.24, 2.45) is 11.8 Å². The SMILES string of the molecule is CC(=O)N1C[C@H]2CN(C(=O)c3cc(F)cc(F)c3)C[C@H]2[C@H]1c1cccc(F)c1. The standard InChI is InChI=1S/C21H19F3N2O2/c1-12(27)26-10-15-9-25(21(28)14-6-17(23)8-18(24)7-14)11-19(15)20(26)13-3-2-4-16(22)5-13/h2-8,15,19-20H,9-11H2,1H3/t15-,19-,20-/m1/s1. The van der Waals surface area contributed by atoms with Gasteiger partial charge in [0.1, 0.15) is 17.5 Å². The summed E-state index contributed by atoms with van der Waals surface area (Å²) in [5, 5.41) is 0.